The quantitative estimate of drug-likeness (QED) is 0.617. The summed E-state index contributed by atoms with van der Waals surface area (Å²) in [5.74, 6) is 0.114. The Morgan fingerprint density at radius 1 is 1.22 bits per heavy atom. The molecule has 0 saturated heterocycles. The Balaban J connectivity index is 1.59. The fourth-order valence-electron chi connectivity index (χ4n) is 2.38. The zero-order valence-corrected chi connectivity index (χ0v) is 16.6. The third-order valence-corrected chi connectivity index (χ3v) is 4.87. The molecule has 0 atom stereocenters. The largest absolute Gasteiger partial charge is 0.470 e. The maximum atomic E-state index is 12.3. The fourth-order valence-corrected chi connectivity index (χ4v) is 2.93. The molecule has 0 spiro atoms. The number of amides is 1. The number of ether oxygens (including phenoxy) is 1. The molecule has 0 fully saturated rings. The second-order valence-corrected chi connectivity index (χ2v) is 6.70. The molecule has 2 aromatic heterocycles. The van der Waals surface area contributed by atoms with E-state index in [9.17, 15) is 4.79 Å². The minimum atomic E-state index is -0.325. The molecule has 10 heteroatoms. The molecule has 3 aromatic rings. The summed E-state index contributed by atoms with van der Waals surface area (Å²) < 4.78 is 8.79. The maximum Gasteiger partial charge on any atom is 0.272 e. The molecule has 0 aliphatic heterocycles. The number of aryl methyl sites for hydroxylation is 1. The summed E-state index contributed by atoms with van der Waals surface area (Å²) in [5.41, 5.74) is 1.00. The first-order valence-corrected chi connectivity index (χ1v) is 9.21. The van der Waals surface area contributed by atoms with Crippen molar-refractivity contribution in [3.05, 3.63) is 63.1 Å². The minimum Gasteiger partial charge on any atom is -0.470 e. The van der Waals surface area contributed by atoms with Crippen LogP contribution < -0.4 is 10.1 Å². The van der Waals surface area contributed by atoms with Gasteiger partial charge in [-0.15, -0.1) is 0 Å². The molecule has 0 saturated carbocycles. The number of benzene rings is 1. The van der Waals surface area contributed by atoms with E-state index < -0.39 is 0 Å². The van der Waals surface area contributed by atoms with Crippen LogP contribution in [0.15, 0.2) is 36.7 Å². The zero-order chi connectivity index (χ0) is 19.4. The summed E-state index contributed by atoms with van der Waals surface area (Å²) in [6.45, 7) is 2.95. The van der Waals surface area contributed by atoms with Crippen molar-refractivity contribution in [2.24, 2.45) is 0 Å². The smallest absolute Gasteiger partial charge is 0.272 e. The lowest BCUT2D eigenvalue weighted by Crippen LogP contribution is -2.25. The second-order valence-electron chi connectivity index (χ2n) is 5.50. The number of nitrogens with one attached hydrogen (secondary N) is 1. The van der Waals surface area contributed by atoms with E-state index in [0.717, 1.165) is 5.69 Å². The predicted octanol–water partition coefficient (Wildman–Crippen LogP) is 4.03. The number of hydrogen-bond donors (Lipinski definition) is 1. The Bertz CT molecular complexity index is 954. The highest BCUT2D eigenvalue weighted by Gasteiger charge is 2.13. The van der Waals surface area contributed by atoms with Crippen LogP contribution in [-0.2, 0) is 19.8 Å². The van der Waals surface area contributed by atoms with Crippen molar-refractivity contribution in [1.82, 2.24) is 24.9 Å². The number of nitrogens with zero attached hydrogens (tertiary/aromatic N) is 4. The monoisotopic (exact) mass is 427 g/mol. The van der Waals surface area contributed by atoms with Crippen molar-refractivity contribution in [3.63, 3.8) is 0 Å². The van der Waals surface area contributed by atoms with Crippen LogP contribution in [0.2, 0.25) is 15.1 Å². The first kappa shape index (κ1) is 19.5. The van der Waals surface area contributed by atoms with Crippen molar-refractivity contribution in [3.8, 4) is 5.75 Å². The predicted molar refractivity (Wildman–Crippen MR) is 103 cm³/mol. The minimum absolute atomic E-state index is 0.0851. The molecule has 7 nitrogen and oxygen atoms in total. The average Bonchev–Trinajstić information content (AvgIpc) is 3.27. The van der Waals surface area contributed by atoms with Gasteiger partial charge in [-0.3, -0.25) is 9.48 Å². The fraction of sp³-hybridized carbons (Fsp3) is 0.235. The van der Waals surface area contributed by atoms with E-state index in [0.29, 0.717) is 27.4 Å². The first-order chi connectivity index (χ1) is 13.0. The van der Waals surface area contributed by atoms with Gasteiger partial charge < -0.3 is 10.1 Å². The number of carbonyl (C=O) groups is 1. The van der Waals surface area contributed by atoms with E-state index in [1.165, 1.54) is 4.68 Å². The SMILES string of the molecule is CCn1ncc(Cl)c1CNC(=O)c1ccn(COc2cccc(Cl)c2Cl)n1. The van der Waals surface area contributed by atoms with Crippen molar-refractivity contribution >= 4 is 40.7 Å². The van der Waals surface area contributed by atoms with Crippen LogP contribution in [-0.4, -0.2) is 25.5 Å². The molecule has 0 bridgehead atoms. The van der Waals surface area contributed by atoms with Crippen molar-refractivity contribution in [2.75, 3.05) is 0 Å². The van der Waals surface area contributed by atoms with Crippen LogP contribution in [0, 0.1) is 0 Å². The van der Waals surface area contributed by atoms with Crippen molar-refractivity contribution < 1.29 is 9.53 Å². The number of carbonyl (C=O) groups excluding carboxylic acids is 1. The lowest BCUT2D eigenvalue weighted by molar-refractivity contribution is 0.0943. The zero-order valence-electron chi connectivity index (χ0n) is 14.3. The van der Waals surface area contributed by atoms with Gasteiger partial charge in [0.05, 0.1) is 28.5 Å². The summed E-state index contributed by atoms with van der Waals surface area (Å²) in [7, 11) is 0. The van der Waals surface area contributed by atoms with Gasteiger partial charge in [0.25, 0.3) is 5.91 Å². The lowest BCUT2D eigenvalue weighted by Gasteiger charge is -2.09. The maximum absolute atomic E-state index is 12.3. The molecule has 1 N–H and O–H groups in total. The molecule has 27 heavy (non-hydrogen) atoms. The number of halogens is 3. The van der Waals surface area contributed by atoms with Gasteiger partial charge >= 0.3 is 0 Å². The number of rotatable bonds is 7. The highest BCUT2D eigenvalue weighted by atomic mass is 35.5. The first-order valence-electron chi connectivity index (χ1n) is 8.08. The van der Waals surface area contributed by atoms with Gasteiger partial charge in [-0.1, -0.05) is 40.9 Å². The van der Waals surface area contributed by atoms with Crippen LogP contribution in [0.4, 0.5) is 0 Å². The van der Waals surface area contributed by atoms with Crippen LogP contribution in [0.25, 0.3) is 0 Å². The lowest BCUT2D eigenvalue weighted by atomic mass is 10.3. The Morgan fingerprint density at radius 2 is 2.04 bits per heavy atom. The molecule has 0 unspecified atom stereocenters. The van der Waals surface area contributed by atoms with Crippen LogP contribution in [0.3, 0.4) is 0 Å². The Morgan fingerprint density at radius 3 is 2.81 bits per heavy atom. The van der Waals surface area contributed by atoms with Crippen molar-refractivity contribution in [2.45, 2.75) is 26.7 Å². The number of hydrogen-bond acceptors (Lipinski definition) is 4. The second kappa shape index (κ2) is 8.65. The molecular formula is C17H16Cl3N5O2. The highest BCUT2D eigenvalue weighted by molar-refractivity contribution is 6.42. The molecule has 2 heterocycles. The normalized spacial score (nSPS) is 10.8. The summed E-state index contributed by atoms with van der Waals surface area (Å²) >= 11 is 18.1. The molecule has 0 aliphatic carbocycles. The standard InChI is InChI=1S/C17H16Cl3N5O2/c1-2-25-14(12(19)8-22-25)9-21-17(26)13-6-7-24(23-13)10-27-15-5-3-4-11(18)16(15)20/h3-8H,2,9-10H2,1H3,(H,21,26). The third-order valence-electron chi connectivity index (χ3n) is 3.76. The summed E-state index contributed by atoms with van der Waals surface area (Å²) in [6.07, 6.45) is 3.19. The van der Waals surface area contributed by atoms with Gasteiger partial charge in [-0.2, -0.15) is 10.2 Å². The van der Waals surface area contributed by atoms with E-state index >= 15 is 0 Å². The van der Waals surface area contributed by atoms with Gasteiger partial charge in [-0.05, 0) is 25.1 Å². The Kier molecular flexibility index (Phi) is 6.26. The van der Waals surface area contributed by atoms with Gasteiger partial charge in [0.2, 0.25) is 0 Å². The Hall–Kier alpha value is -2.22. The van der Waals surface area contributed by atoms with Gasteiger partial charge in [0.1, 0.15) is 16.5 Å². The molecule has 3 rings (SSSR count). The molecule has 0 radical (unpaired) electrons. The van der Waals surface area contributed by atoms with Gasteiger partial charge in [0.15, 0.2) is 6.73 Å². The third kappa shape index (κ3) is 4.55. The number of aromatic nitrogens is 4. The average molecular weight is 429 g/mol. The molecule has 1 aromatic carbocycles. The topological polar surface area (TPSA) is 74.0 Å². The van der Waals surface area contributed by atoms with Gasteiger partial charge in [-0.25, -0.2) is 4.68 Å². The summed E-state index contributed by atoms with van der Waals surface area (Å²) in [4.78, 5) is 12.3. The van der Waals surface area contributed by atoms with E-state index in [1.807, 2.05) is 6.92 Å². The highest BCUT2D eigenvalue weighted by Crippen LogP contribution is 2.31. The van der Waals surface area contributed by atoms with E-state index in [2.05, 4.69) is 15.5 Å². The van der Waals surface area contributed by atoms with E-state index in [4.69, 9.17) is 39.5 Å². The molecular weight excluding hydrogens is 413 g/mol. The summed E-state index contributed by atoms with van der Waals surface area (Å²) in [6, 6.07) is 6.70. The Labute approximate surface area is 170 Å². The molecule has 142 valence electrons. The molecule has 0 aliphatic rings. The van der Waals surface area contributed by atoms with Crippen molar-refractivity contribution in [1.29, 1.82) is 0 Å². The van der Waals surface area contributed by atoms with Crippen LogP contribution >= 0.6 is 34.8 Å². The van der Waals surface area contributed by atoms with E-state index in [-0.39, 0.29) is 24.9 Å². The molecule has 1 amide bonds. The van der Waals surface area contributed by atoms with E-state index in [1.54, 1.807) is 41.3 Å². The summed E-state index contributed by atoms with van der Waals surface area (Å²) in [5, 5.41) is 12.3. The van der Waals surface area contributed by atoms with Gasteiger partial charge in [0, 0.05) is 12.7 Å². The van der Waals surface area contributed by atoms with Crippen LogP contribution in [0.5, 0.6) is 5.75 Å². The van der Waals surface area contributed by atoms with Crippen LogP contribution in [0.1, 0.15) is 23.1 Å².